The lowest BCUT2D eigenvalue weighted by Crippen LogP contribution is -1.96. The van der Waals surface area contributed by atoms with Gasteiger partial charge in [-0.05, 0) is 66.0 Å². The smallest absolute Gasteiger partial charge is 0.146 e. The molecule has 4 heteroatoms. The second-order valence-corrected chi connectivity index (χ2v) is 10.3. The third kappa shape index (κ3) is 2.90. The van der Waals surface area contributed by atoms with E-state index in [1.54, 1.807) is 0 Å². The van der Waals surface area contributed by atoms with Crippen molar-refractivity contribution in [3.05, 3.63) is 134 Å². The molecule has 5 aromatic carbocycles. The van der Waals surface area contributed by atoms with E-state index in [9.17, 15) is 0 Å². The Morgan fingerprint density at radius 3 is 2.08 bits per heavy atom. The zero-order chi connectivity index (χ0) is 26.2. The fourth-order valence-electron chi connectivity index (χ4n) is 6.39. The molecule has 0 saturated heterocycles. The highest BCUT2D eigenvalue weighted by atomic mass is 15.0. The Morgan fingerprint density at radius 1 is 0.475 bits per heavy atom. The molecule has 0 amide bonds. The average molecular weight is 511 g/mol. The number of fused-ring (bicyclic) bond motifs is 11. The maximum absolute atomic E-state index is 5.16. The summed E-state index contributed by atoms with van der Waals surface area (Å²) in [6, 6.07) is 45.2. The van der Waals surface area contributed by atoms with Crippen LogP contribution in [0.4, 0.5) is 0 Å². The lowest BCUT2D eigenvalue weighted by atomic mass is 10.0. The van der Waals surface area contributed by atoms with Crippen LogP contribution in [0.1, 0.15) is 0 Å². The van der Waals surface area contributed by atoms with Crippen molar-refractivity contribution in [2.24, 2.45) is 0 Å². The molecule has 0 fully saturated rings. The van der Waals surface area contributed by atoms with Crippen molar-refractivity contribution in [3.63, 3.8) is 0 Å². The molecule has 9 rings (SSSR count). The number of para-hydroxylation sites is 4. The summed E-state index contributed by atoms with van der Waals surface area (Å²) in [7, 11) is 0. The van der Waals surface area contributed by atoms with E-state index < -0.39 is 0 Å². The molecule has 0 aliphatic rings. The van der Waals surface area contributed by atoms with Crippen molar-refractivity contribution in [3.8, 4) is 16.9 Å². The van der Waals surface area contributed by atoms with Gasteiger partial charge in [-0.1, -0.05) is 66.7 Å². The summed E-state index contributed by atoms with van der Waals surface area (Å²) < 4.78 is 4.69. The molecule has 0 radical (unpaired) electrons. The molecule has 186 valence electrons. The Bertz CT molecular complexity index is 2430. The molecule has 4 aromatic heterocycles. The molecule has 0 bridgehead atoms. The average Bonchev–Trinajstić information content (AvgIpc) is 3.57. The highest BCUT2D eigenvalue weighted by molar-refractivity contribution is 6.21. The van der Waals surface area contributed by atoms with Crippen molar-refractivity contribution in [2.75, 3.05) is 0 Å². The Kier molecular flexibility index (Phi) is 4.30. The SMILES string of the molecule is c1ccc(-c2cccc(-n3c4ccccc4c4cc5c6ccccc6n6c7ccccc7nc6c5cc43)c2)nc1. The second-order valence-electron chi connectivity index (χ2n) is 10.3. The van der Waals surface area contributed by atoms with Gasteiger partial charge in [0.2, 0.25) is 0 Å². The van der Waals surface area contributed by atoms with Crippen LogP contribution in [0.2, 0.25) is 0 Å². The summed E-state index contributed by atoms with van der Waals surface area (Å²) in [6.07, 6.45) is 1.85. The van der Waals surface area contributed by atoms with Crippen molar-refractivity contribution in [1.29, 1.82) is 0 Å². The quantitative estimate of drug-likeness (QED) is 0.218. The molecule has 0 saturated carbocycles. The van der Waals surface area contributed by atoms with E-state index in [1.807, 2.05) is 18.3 Å². The van der Waals surface area contributed by atoms with Crippen LogP contribution >= 0.6 is 0 Å². The van der Waals surface area contributed by atoms with Crippen LogP contribution in [-0.2, 0) is 0 Å². The zero-order valence-electron chi connectivity index (χ0n) is 21.5. The first-order valence-corrected chi connectivity index (χ1v) is 13.5. The number of nitrogens with zero attached hydrogens (tertiary/aromatic N) is 4. The van der Waals surface area contributed by atoms with Gasteiger partial charge in [0.1, 0.15) is 5.65 Å². The van der Waals surface area contributed by atoms with Crippen LogP contribution < -0.4 is 0 Å². The lowest BCUT2D eigenvalue weighted by Gasteiger charge is -2.12. The van der Waals surface area contributed by atoms with Gasteiger partial charge >= 0.3 is 0 Å². The first kappa shape index (κ1) is 21.5. The Labute approximate surface area is 229 Å². The number of rotatable bonds is 2. The number of pyridine rings is 2. The molecule has 0 N–H and O–H groups in total. The normalized spacial score (nSPS) is 12.0. The van der Waals surface area contributed by atoms with Gasteiger partial charge in [-0.25, -0.2) is 4.98 Å². The first-order valence-electron chi connectivity index (χ1n) is 13.5. The zero-order valence-corrected chi connectivity index (χ0v) is 21.5. The minimum atomic E-state index is 0.966. The minimum absolute atomic E-state index is 0.966. The third-order valence-electron chi connectivity index (χ3n) is 8.11. The van der Waals surface area contributed by atoms with E-state index in [2.05, 4.69) is 129 Å². The fraction of sp³-hybridized carbons (Fsp3) is 0. The van der Waals surface area contributed by atoms with Crippen LogP contribution in [0.25, 0.3) is 77.1 Å². The van der Waals surface area contributed by atoms with Gasteiger partial charge in [0.15, 0.2) is 0 Å². The number of hydrogen-bond donors (Lipinski definition) is 0. The maximum Gasteiger partial charge on any atom is 0.146 e. The summed E-state index contributed by atoms with van der Waals surface area (Å²) in [5.74, 6) is 0. The van der Waals surface area contributed by atoms with E-state index in [1.165, 1.54) is 32.6 Å². The van der Waals surface area contributed by atoms with Crippen molar-refractivity contribution < 1.29 is 0 Å². The summed E-state index contributed by atoms with van der Waals surface area (Å²) in [5, 5.41) is 6.06. The summed E-state index contributed by atoms with van der Waals surface area (Å²) in [6.45, 7) is 0. The maximum atomic E-state index is 5.16. The summed E-state index contributed by atoms with van der Waals surface area (Å²) in [5.41, 5.74) is 9.80. The predicted octanol–water partition coefficient (Wildman–Crippen LogP) is 8.95. The Hall–Kier alpha value is -5.48. The molecule has 9 aromatic rings. The van der Waals surface area contributed by atoms with E-state index in [4.69, 9.17) is 4.98 Å². The second kappa shape index (κ2) is 8.01. The standard InChI is InChI=1S/C36H22N4/c1-5-17-33-25(12-1)27-21-28-26-13-2-4-16-32(26)39(24-11-9-10-23(20-24)30-14-7-8-19-37-30)35(28)22-29(27)36-38-31-15-3-6-18-34(31)40(33)36/h1-22H. The molecule has 0 atom stereocenters. The number of benzene rings is 5. The fourth-order valence-corrected chi connectivity index (χ4v) is 6.39. The van der Waals surface area contributed by atoms with E-state index in [0.717, 1.165) is 44.5 Å². The van der Waals surface area contributed by atoms with Crippen LogP contribution in [-0.4, -0.2) is 18.9 Å². The van der Waals surface area contributed by atoms with Gasteiger partial charge < -0.3 is 4.57 Å². The molecule has 40 heavy (non-hydrogen) atoms. The topological polar surface area (TPSA) is 35.1 Å². The van der Waals surface area contributed by atoms with Crippen LogP contribution in [0.5, 0.6) is 0 Å². The molecule has 4 heterocycles. The van der Waals surface area contributed by atoms with Crippen LogP contribution in [0.3, 0.4) is 0 Å². The summed E-state index contributed by atoms with van der Waals surface area (Å²) >= 11 is 0. The van der Waals surface area contributed by atoms with Gasteiger partial charge in [0.05, 0.1) is 33.3 Å². The Morgan fingerprint density at radius 2 is 1.23 bits per heavy atom. The number of imidazole rings is 1. The van der Waals surface area contributed by atoms with Gasteiger partial charge in [-0.2, -0.15) is 0 Å². The lowest BCUT2D eigenvalue weighted by molar-refractivity contribution is 1.18. The monoisotopic (exact) mass is 510 g/mol. The van der Waals surface area contributed by atoms with Gasteiger partial charge in [-0.15, -0.1) is 0 Å². The van der Waals surface area contributed by atoms with Gasteiger partial charge in [0.25, 0.3) is 0 Å². The summed E-state index contributed by atoms with van der Waals surface area (Å²) in [4.78, 5) is 9.76. The first-order chi connectivity index (χ1) is 19.8. The number of aromatic nitrogens is 4. The van der Waals surface area contributed by atoms with E-state index >= 15 is 0 Å². The molecular weight excluding hydrogens is 488 g/mol. The van der Waals surface area contributed by atoms with Crippen LogP contribution in [0, 0.1) is 0 Å². The molecule has 0 aliphatic heterocycles. The van der Waals surface area contributed by atoms with Crippen molar-refractivity contribution >= 4 is 60.2 Å². The predicted molar refractivity (Wildman–Crippen MR) is 165 cm³/mol. The molecular formula is C36H22N4. The van der Waals surface area contributed by atoms with Gasteiger partial charge in [-0.3, -0.25) is 9.38 Å². The van der Waals surface area contributed by atoms with Crippen molar-refractivity contribution in [1.82, 2.24) is 18.9 Å². The van der Waals surface area contributed by atoms with Crippen LogP contribution in [0.15, 0.2) is 134 Å². The highest BCUT2D eigenvalue weighted by Crippen LogP contribution is 2.39. The molecule has 0 unspecified atom stereocenters. The van der Waals surface area contributed by atoms with Crippen molar-refractivity contribution in [2.45, 2.75) is 0 Å². The minimum Gasteiger partial charge on any atom is -0.309 e. The Balaban J connectivity index is 1.46. The molecule has 4 nitrogen and oxygen atoms in total. The highest BCUT2D eigenvalue weighted by Gasteiger charge is 2.18. The van der Waals surface area contributed by atoms with E-state index in [-0.39, 0.29) is 0 Å². The largest absolute Gasteiger partial charge is 0.309 e. The van der Waals surface area contributed by atoms with Gasteiger partial charge in [0, 0.05) is 39.0 Å². The van der Waals surface area contributed by atoms with E-state index in [0.29, 0.717) is 0 Å². The third-order valence-corrected chi connectivity index (χ3v) is 8.11. The molecule has 0 spiro atoms. The number of hydrogen-bond acceptors (Lipinski definition) is 2. The molecule has 0 aliphatic carbocycles.